The maximum absolute atomic E-state index is 12.9. The van der Waals surface area contributed by atoms with Crippen LogP contribution in [-0.4, -0.2) is 61.9 Å². The van der Waals surface area contributed by atoms with Crippen LogP contribution in [0.1, 0.15) is 41.7 Å². The van der Waals surface area contributed by atoms with Gasteiger partial charge in [0.15, 0.2) is 5.65 Å². The highest BCUT2D eigenvalue weighted by atomic mass is 16.5. The number of carbonyl (C=O) groups is 1. The van der Waals surface area contributed by atoms with Gasteiger partial charge in [-0.05, 0) is 32.6 Å². The summed E-state index contributed by atoms with van der Waals surface area (Å²) in [4.78, 5) is 19.0. The number of piperidine rings is 1. The molecule has 1 atom stereocenters. The van der Waals surface area contributed by atoms with E-state index in [1.54, 1.807) is 16.9 Å². The molecule has 2 aliphatic rings. The average Bonchev–Trinajstić information content (AvgIpc) is 3.08. The molecule has 2 aliphatic heterocycles. The van der Waals surface area contributed by atoms with Crippen molar-refractivity contribution in [2.24, 2.45) is 0 Å². The van der Waals surface area contributed by atoms with E-state index in [1.165, 1.54) is 0 Å². The van der Waals surface area contributed by atoms with Gasteiger partial charge < -0.3 is 14.7 Å². The van der Waals surface area contributed by atoms with Gasteiger partial charge in [0.1, 0.15) is 0 Å². The molecule has 7 heteroatoms. The molecule has 1 amide bonds. The first kappa shape index (κ1) is 15.5. The Morgan fingerprint density at radius 3 is 2.96 bits per heavy atom. The number of rotatable bonds is 1. The second-order valence-electron chi connectivity index (χ2n) is 6.72. The minimum Gasteiger partial charge on any atom is -0.390 e. The van der Waals surface area contributed by atoms with Crippen molar-refractivity contribution in [3.8, 4) is 0 Å². The van der Waals surface area contributed by atoms with E-state index >= 15 is 0 Å². The lowest BCUT2D eigenvalue weighted by atomic mass is 9.82. The van der Waals surface area contributed by atoms with Crippen LogP contribution in [0.25, 0.3) is 5.65 Å². The standard InChI is InChI=1S/C17H22N4O3/c1-12-13(11-18-15-4-7-19-21(12)15)16(23)20-8-5-17(6-9-20)14(22)3-2-10-24-17/h4,7,11,14,22H,2-3,5-6,8-10H2,1H3. The average molecular weight is 330 g/mol. The van der Waals surface area contributed by atoms with Gasteiger partial charge in [-0.25, -0.2) is 9.50 Å². The van der Waals surface area contributed by atoms with E-state index in [0.717, 1.165) is 24.2 Å². The smallest absolute Gasteiger partial charge is 0.257 e. The molecule has 1 unspecified atom stereocenters. The Morgan fingerprint density at radius 2 is 2.21 bits per heavy atom. The van der Waals surface area contributed by atoms with E-state index in [9.17, 15) is 9.90 Å². The summed E-state index contributed by atoms with van der Waals surface area (Å²) < 4.78 is 7.60. The molecule has 0 saturated carbocycles. The number of ether oxygens (including phenoxy) is 1. The fourth-order valence-electron chi connectivity index (χ4n) is 3.85. The zero-order chi connectivity index (χ0) is 16.7. The Morgan fingerprint density at radius 1 is 1.42 bits per heavy atom. The highest BCUT2D eigenvalue weighted by Crippen LogP contribution is 2.35. The monoisotopic (exact) mass is 330 g/mol. The topological polar surface area (TPSA) is 80.0 Å². The second-order valence-corrected chi connectivity index (χ2v) is 6.72. The number of likely N-dealkylation sites (tertiary alicyclic amines) is 1. The van der Waals surface area contributed by atoms with E-state index < -0.39 is 11.7 Å². The zero-order valence-electron chi connectivity index (χ0n) is 13.8. The fraction of sp³-hybridized carbons (Fsp3) is 0.588. The summed E-state index contributed by atoms with van der Waals surface area (Å²) in [5, 5.41) is 14.5. The summed E-state index contributed by atoms with van der Waals surface area (Å²) in [5.74, 6) is -0.0300. The second kappa shape index (κ2) is 5.82. The quantitative estimate of drug-likeness (QED) is 0.849. The number of fused-ring (bicyclic) bond motifs is 1. The predicted octanol–water partition coefficient (Wildman–Crippen LogP) is 1.18. The third kappa shape index (κ3) is 2.39. The maximum atomic E-state index is 12.9. The summed E-state index contributed by atoms with van der Waals surface area (Å²) in [5.41, 5.74) is 1.64. The maximum Gasteiger partial charge on any atom is 0.257 e. The normalized spacial score (nSPS) is 23.8. The summed E-state index contributed by atoms with van der Waals surface area (Å²) in [6.07, 6.45) is 5.92. The van der Waals surface area contributed by atoms with Crippen LogP contribution in [0.4, 0.5) is 0 Å². The van der Waals surface area contributed by atoms with Crippen LogP contribution in [-0.2, 0) is 4.74 Å². The van der Waals surface area contributed by atoms with Gasteiger partial charge in [-0.1, -0.05) is 0 Å². The minimum atomic E-state index is -0.464. The molecule has 0 radical (unpaired) electrons. The van der Waals surface area contributed by atoms with Crippen molar-refractivity contribution in [3.05, 3.63) is 29.7 Å². The minimum absolute atomic E-state index is 0.0300. The number of hydrogen-bond donors (Lipinski definition) is 1. The molecule has 24 heavy (non-hydrogen) atoms. The van der Waals surface area contributed by atoms with Gasteiger partial charge in [0.05, 0.1) is 29.2 Å². The lowest BCUT2D eigenvalue weighted by molar-refractivity contribution is -0.174. The largest absolute Gasteiger partial charge is 0.390 e. The molecule has 128 valence electrons. The van der Waals surface area contributed by atoms with E-state index in [0.29, 0.717) is 38.1 Å². The van der Waals surface area contributed by atoms with Crippen molar-refractivity contribution in [1.29, 1.82) is 0 Å². The van der Waals surface area contributed by atoms with Crippen molar-refractivity contribution in [1.82, 2.24) is 19.5 Å². The Labute approximate surface area is 140 Å². The van der Waals surface area contributed by atoms with Gasteiger partial charge in [0.2, 0.25) is 0 Å². The first-order chi connectivity index (χ1) is 11.6. The number of carbonyl (C=O) groups excluding carboxylic acids is 1. The summed E-state index contributed by atoms with van der Waals surface area (Å²) in [6.45, 7) is 3.76. The van der Waals surface area contributed by atoms with Crippen molar-refractivity contribution >= 4 is 11.6 Å². The molecular weight excluding hydrogens is 308 g/mol. The highest BCUT2D eigenvalue weighted by molar-refractivity contribution is 5.95. The van der Waals surface area contributed by atoms with E-state index in [4.69, 9.17) is 4.74 Å². The molecule has 4 rings (SSSR count). The number of aromatic nitrogens is 3. The van der Waals surface area contributed by atoms with Gasteiger partial charge in [-0.3, -0.25) is 4.79 Å². The van der Waals surface area contributed by atoms with Crippen LogP contribution in [0.15, 0.2) is 18.5 Å². The Kier molecular flexibility index (Phi) is 3.77. The molecule has 4 heterocycles. The Balaban J connectivity index is 1.52. The van der Waals surface area contributed by atoms with Crippen LogP contribution in [0.5, 0.6) is 0 Å². The molecule has 2 saturated heterocycles. The summed E-state index contributed by atoms with van der Waals surface area (Å²) in [6, 6.07) is 1.81. The van der Waals surface area contributed by atoms with Gasteiger partial charge in [0.25, 0.3) is 5.91 Å². The van der Waals surface area contributed by atoms with Crippen molar-refractivity contribution in [2.45, 2.75) is 44.3 Å². The van der Waals surface area contributed by atoms with Crippen LogP contribution >= 0.6 is 0 Å². The Hall–Kier alpha value is -1.99. The number of amides is 1. The van der Waals surface area contributed by atoms with E-state index in [2.05, 4.69) is 10.1 Å². The predicted molar refractivity (Wildman–Crippen MR) is 86.8 cm³/mol. The van der Waals surface area contributed by atoms with Crippen LogP contribution in [0, 0.1) is 6.92 Å². The summed E-state index contributed by atoms with van der Waals surface area (Å²) >= 11 is 0. The molecule has 2 fully saturated rings. The Bertz CT molecular complexity index is 764. The van der Waals surface area contributed by atoms with Crippen molar-refractivity contribution in [2.75, 3.05) is 19.7 Å². The lowest BCUT2D eigenvalue weighted by Crippen LogP contribution is -2.56. The number of aryl methyl sites for hydroxylation is 1. The molecule has 1 spiro atoms. The summed E-state index contributed by atoms with van der Waals surface area (Å²) in [7, 11) is 0. The number of aliphatic hydroxyl groups excluding tert-OH is 1. The van der Waals surface area contributed by atoms with Crippen molar-refractivity contribution in [3.63, 3.8) is 0 Å². The fourth-order valence-corrected chi connectivity index (χ4v) is 3.85. The zero-order valence-corrected chi connectivity index (χ0v) is 13.8. The highest BCUT2D eigenvalue weighted by Gasteiger charge is 2.44. The third-order valence-corrected chi connectivity index (χ3v) is 5.40. The molecule has 0 aromatic carbocycles. The van der Waals surface area contributed by atoms with Gasteiger partial charge in [-0.15, -0.1) is 0 Å². The molecule has 2 aromatic rings. The van der Waals surface area contributed by atoms with E-state index in [1.807, 2.05) is 17.9 Å². The molecule has 0 aliphatic carbocycles. The number of hydrogen-bond acceptors (Lipinski definition) is 5. The first-order valence-electron chi connectivity index (χ1n) is 8.51. The van der Waals surface area contributed by atoms with E-state index in [-0.39, 0.29) is 5.91 Å². The molecule has 2 aromatic heterocycles. The molecule has 7 nitrogen and oxygen atoms in total. The number of aliphatic hydroxyl groups is 1. The van der Waals surface area contributed by atoms with Gasteiger partial charge in [-0.2, -0.15) is 5.10 Å². The third-order valence-electron chi connectivity index (χ3n) is 5.40. The van der Waals surface area contributed by atoms with Gasteiger partial charge in [0, 0.05) is 32.0 Å². The SMILES string of the molecule is Cc1c(C(=O)N2CCC3(CC2)OCCCC3O)cnc2ccnn12. The molecular formula is C17H22N4O3. The molecule has 1 N–H and O–H groups in total. The number of nitrogens with zero attached hydrogens (tertiary/aromatic N) is 4. The molecule has 0 bridgehead atoms. The van der Waals surface area contributed by atoms with Crippen LogP contribution in [0.3, 0.4) is 0 Å². The lowest BCUT2D eigenvalue weighted by Gasteiger charge is -2.46. The van der Waals surface area contributed by atoms with Crippen LogP contribution < -0.4 is 0 Å². The van der Waals surface area contributed by atoms with Crippen LogP contribution in [0.2, 0.25) is 0 Å². The van der Waals surface area contributed by atoms with Gasteiger partial charge >= 0.3 is 0 Å². The van der Waals surface area contributed by atoms with Crippen molar-refractivity contribution < 1.29 is 14.6 Å². The first-order valence-corrected chi connectivity index (χ1v) is 8.51.